The van der Waals surface area contributed by atoms with Crippen LogP contribution in [0.5, 0.6) is 0 Å². The smallest absolute Gasteiger partial charge is 0.276 e. The summed E-state index contributed by atoms with van der Waals surface area (Å²) in [6.07, 6.45) is 0. The molecule has 0 saturated carbocycles. The number of nitro benzene ring substituents is 1. The molecule has 3 aromatic rings. The fourth-order valence-electron chi connectivity index (χ4n) is 3.49. The van der Waals surface area contributed by atoms with Gasteiger partial charge in [0.25, 0.3) is 11.6 Å². The Bertz CT molecular complexity index is 1260. The molecule has 0 atom stereocenters. The predicted molar refractivity (Wildman–Crippen MR) is 114 cm³/mol. The number of aromatic nitrogens is 1. The Kier molecular flexibility index (Phi) is 5.76. The first-order valence-electron chi connectivity index (χ1n) is 9.84. The summed E-state index contributed by atoms with van der Waals surface area (Å²) in [5.41, 5.74) is 0.650. The van der Waals surface area contributed by atoms with Crippen molar-refractivity contribution < 1.29 is 22.6 Å². The molecule has 1 aliphatic heterocycles. The summed E-state index contributed by atoms with van der Waals surface area (Å²) in [6, 6.07) is 14.2. The van der Waals surface area contributed by atoms with E-state index in [1.165, 1.54) is 27.4 Å². The molecule has 32 heavy (non-hydrogen) atoms. The fraction of sp³-hybridized carbons (Fsp3) is 0.238. The minimum atomic E-state index is -3.92. The predicted octanol–water partition coefficient (Wildman–Crippen LogP) is 2.70. The third kappa shape index (κ3) is 4.12. The third-order valence-electron chi connectivity index (χ3n) is 5.21. The van der Waals surface area contributed by atoms with E-state index >= 15 is 0 Å². The zero-order chi connectivity index (χ0) is 22.9. The highest BCUT2D eigenvalue weighted by Crippen LogP contribution is 2.25. The molecule has 2 aromatic carbocycles. The summed E-state index contributed by atoms with van der Waals surface area (Å²) < 4.78 is 32.7. The van der Waals surface area contributed by atoms with Crippen LogP contribution in [-0.2, 0) is 10.0 Å². The molecule has 0 aliphatic carbocycles. The second-order valence-corrected chi connectivity index (χ2v) is 9.18. The van der Waals surface area contributed by atoms with Gasteiger partial charge in [0, 0.05) is 43.9 Å². The molecule has 0 spiro atoms. The summed E-state index contributed by atoms with van der Waals surface area (Å²) in [6.45, 7) is 2.13. The molecule has 0 radical (unpaired) electrons. The van der Waals surface area contributed by atoms with Crippen molar-refractivity contribution in [2.75, 3.05) is 26.2 Å². The van der Waals surface area contributed by atoms with E-state index in [4.69, 9.17) is 4.42 Å². The lowest BCUT2D eigenvalue weighted by Crippen LogP contribution is -2.50. The number of carbonyl (C=O) groups excluding carboxylic acids is 1. The van der Waals surface area contributed by atoms with Gasteiger partial charge in [0.05, 0.1) is 9.82 Å². The van der Waals surface area contributed by atoms with E-state index in [0.29, 0.717) is 11.7 Å². The quantitative estimate of drug-likeness (QED) is 0.427. The Morgan fingerprint density at radius 3 is 2.41 bits per heavy atom. The van der Waals surface area contributed by atoms with Crippen LogP contribution in [0.15, 0.2) is 63.9 Å². The second-order valence-electron chi connectivity index (χ2n) is 7.24. The molecule has 0 bridgehead atoms. The van der Waals surface area contributed by atoms with Crippen molar-refractivity contribution in [3.63, 3.8) is 0 Å². The number of piperazine rings is 1. The number of oxazole rings is 1. The van der Waals surface area contributed by atoms with Crippen LogP contribution in [0.1, 0.15) is 16.2 Å². The lowest BCUT2D eigenvalue weighted by Gasteiger charge is -2.33. The number of hydrogen-bond acceptors (Lipinski definition) is 7. The monoisotopic (exact) mass is 456 g/mol. The van der Waals surface area contributed by atoms with E-state index in [2.05, 4.69) is 4.98 Å². The number of sulfonamides is 1. The topological polar surface area (TPSA) is 127 Å². The van der Waals surface area contributed by atoms with Gasteiger partial charge in [0.15, 0.2) is 5.69 Å². The maximum atomic E-state index is 13.0. The molecule has 0 N–H and O–H groups in total. The Balaban J connectivity index is 1.47. The zero-order valence-corrected chi connectivity index (χ0v) is 18.0. The summed E-state index contributed by atoms with van der Waals surface area (Å²) in [7, 11) is -3.92. The Morgan fingerprint density at radius 2 is 1.75 bits per heavy atom. The van der Waals surface area contributed by atoms with Crippen LogP contribution in [0.3, 0.4) is 0 Å². The van der Waals surface area contributed by atoms with Gasteiger partial charge >= 0.3 is 0 Å². The number of carbonyl (C=O) groups is 1. The lowest BCUT2D eigenvalue weighted by molar-refractivity contribution is -0.385. The van der Waals surface area contributed by atoms with Crippen LogP contribution >= 0.6 is 0 Å². The number of benzene rings is 2. The number of amides is 1. The molecule has 166 valence electrons. The molecule has 11 heteroatoms. The van der Waals surface area contributed by atoms with Gasteiger partial charge in [-0.1, -0.05) is 24.3 Å². The van der Waals surface area contributed by atoms with Crippen LogP contribution in [0.2, 0.25) is 0 Å². The maximum Gasteiger partial charge on any atom is 0.276 e. The number of hydrogen-bond donors (Lipinski definition) is 0. The van der Waals surface area contributed by atoms with Crippen LogP contribution in [-0.4, -0.2) is 59.6 Å². The molecule has 10 nitrogen and oxygen atoms in total. The molecular weight excluding hydrogens is 436 g/mol. The number of rotatable bonds is 5. The van der Waals surface area contributed by atoms with Gasteiger partial charge < -0.3 is 9.32 Å². The van der Waals surface area contributed by atoms with Crippen LogP contribution < -0.4 is 0 Å². The molecule has 1 fully saturated rings. The highest BCUT2D eigenvalue weighted by Gasteiger charge is 2.32. The average molecular weight is 456 g/mol. The molecular formula is C21H20N4O6S. The van der Waals surface area contributed by atoms with Gasteiger partial charge in [-0.15, -0.1) is 0 Å². The van der Waals surface area contributed by atoms with E-state index in [1.54, 1.807) is 6.92 Å². The van der Waals surface area contributed by atoms with Crippen molar-refractivity contribution in [1.82, 2.24) is 14.2 Å². The second kappa shape index (κ2) is 8.52. The normalized spacial score (nSPS) is 15.0. The largest absolute Gasteiger partial charge is 0.441 e. The summed E-state index contributed by atoms with van der Waals surface area (Å²) in [4.78, 5) is 29.0. The van der Waals surface area contributed by atoms with Crippen molar-refractivity contribution >= 4 is 21.6 Å². The summed E-state index contributed by atoms with van der Waals surface area (Å²) in [5.74, 6) is 0.402. The fourth-order valence-corrected chi connectivity index (χ4v) is 4.95. The van der Waals surface area contributed by atoms with Crippen LogP contribution in [0.25, 0.3) is 11.5 Å². The highest BCUT2D eigenvalue weighted by molar-refractivity contribution is 7.89. The maximum absolute atomic E-state index is 13.0. The zero-order valence-electron chi connectivity index (χ0n) is 17.2. The van der Waals surface area contributed by atoms with Crippen molar-refractivity contribution in [3.05, 3.63) is 76.2 Å². The Hall–Kier alpha value is -3.57. The van der Waals surface area contributed by atoms with E-state index < -0.39 is 14.9 Å². The molecule has 2 heterocycles. The Morgan fingerprint density at radius 1 is 1.06 bits per heavy atom. The molecule has 0 unspecified atom stereocenters. The van der Waals surface area contributed by atoms with E-state index in [1.807, 2.05) is 30.3 Å². The first-order valence-corrected chi connectivity index (χ1v) is 11.3. The highest BCUT2D eigenvalue weighted by atomic mass is 32.2. The minimum Gasteiger partial charge on any atom is -0.441 e. The SMILES string of the molecule is Cc1oc(-c2ccccc2)nc1C(=O)N1CCN(S(=O)(=O)c2cccc([N+](=O)[O-])c2)CC1. The van der Waals surface area contributed by atoms with E-state index in [9.17, 15) is 23.3 Å². The number of non-ortho nitro benzene ring substituents is 1. The minimum absolute atomic E-state index is 0.0687. The van der Waals surface area contributed by atoms with E-state index in [0.717, 1.165) is 11.6 Å². The van der Waals surface area contributed by atoms with Gasteiger partial charge in [-0.05, 0) is 25.1 Å². The van der Waals surface area contributed by atoms with Crippen LogP contribution in [0, 0.1) is 17.0 Å². The Labute approximate surface area is 184 Å². The van der Waals surface area contributed by atoms with Gasteiger partial charge in [0.1, 0.15) is 5.76 Å². The third-order valence-corrected chi connectivity index (χ3v) is 7.11. The first kappa shape index (κ1) is 21.7. The van der Waals surface area contributed by atoms with Crippen molar-refractivity contribution in [2.45, 2.75) is 11.8 Å². The average Bonchev–Trinajstić information content (AvgIpc) is 3.21. The summed E-state index contributed by atoms with van der Waals surface area (Å²) >= 11 is 0. The molecule has 1 saturated heterocycles. The number of aryl methyl sites for hydroxylation is 1. The number of nitro groups is 1. The van der Waals surface area contributed by atoms with Gasteiger partial charge in [-0.3, -0.25) is 14.9 Å². The molecule has 1 aliphatic rings. The molecule has 1 aromatic heterocycles. The molecule has 4 rings (SSSR count). The van der Waals surface area contributed by atoms with Crippen molar-refractivity contribution in [1.29, 1.82) is 0 Å². The van der Waals surface area contributed by atoms with Crippen molar-refractivity contribution in [2.24, 2.45) is 0 Å². The standard InChI is InChI=1S/C21H20N4O6S/c1-15-19(22-20(31-15)16-6-3-2-4-7-16)21(26)23-10-12-24(13-11-23)32(29,30)18-9-5-8-17(14-18)25(27)28/h2-9,14H,10-13H2,1H3. The summed E-state index contributed by atoms with van der Waals surface area (Å²) in [5, 5.41) is 11.0. The van der Waals surface area contributed by atoms with Gasteiger partial charge in [-0.25, -0.2) is 13.4 Å². The number of nitrogens with zero attached hydrogens (tertiary/aromatic N) is 4. The van der Waals surface area contributed by atoms with Crippen LogP contribution in [0.4, 0.5) is 5.69 Å². The van der Waals surface area contributed by atoms with E-state index in [-0.39, 0.29) is 48.4 Å². The molecule has 1 amide bonds. The lowest BCUT2D eigenvalue weighted by atomic mass is 10.2. The van der Waals surface area contributed by atoms with Crippen molar-refractivity contribution in [3.8, 4) is 11.5 Å². The van der Waals surface area contributed by atoms with Gasteiger partial charge in [0.2, 0.25) is 15.9 Å². The first-order chi connectivity index (χ1) is 15.3. The van der Waals surface area contributed by atoms with Gasteiger partial charge in [-0.2, -0.15) is 4.31 Å².